The van der Waals surface area contributed by atoms with E-state index in [1.165, 1.54) is 11.1 Å². The molecule has 0 aromatic carbocycles. The second kappa shape index (κ2) is 5.48. The maximum atomic E-state index is 12.3. The number of nitrogens with zero attached hydrogens (tertiary/aromatic N) is 2. The zero-order valence-corrected chi connectivity index (χ0v) is 11.8. The molecule has 19 heavy (non-hydrogen) atoms. The predicted octanol–water partition coefficient (Wildman–Crippen LogP) is 0.721. The third-order valence-corrected chi connectivity index (χ3v) is 3.34. The third-order valence-electron chi connectivity index (χ3n) is 2.87. The average molecular weight is 326 g/mol. The van der Waals surface area contributed by atoms with Gasteiger partial charge in [-0.05, 0) is 35.0 Å². The Hall–Kier alpha value is -1.76. The first-order valence-electron chi connectivity index (χ1n) is 5.79. The molecule has 1 N–H and O–H groups in total. The van der Waals surface area contributed by atoms with Crippen molar-refractivity contribution >= 4 is 33.7 Å². The number of carbonyl (C=O) groups excluding carboxylic acids is 3. The molecule has 1 fully saturated rings. The summed E-state index contributed by atoms with van der Waals surface area (Å²) < 4.78 is 0.765. The molecule has 1 aromatic rings. The Bertz CT molecular complexity index is 530. The van der Waals surface area contributed by atoms with Gasteiger partial charge < -0.3 is 4.90 Å². The molecule has 1 aromatic heterocycles. The number of pyridine rings is 1. The summed E-state index contributed by atoms with van der Waals surface area (Å²) in [5.74, 6) is -1.15. The summed E-state index contributed by atoms with van der Waals surface area (Å²) in [6, 6.07) is 2.54. The summed E-state index contributed by atoms with van der Waals surface area (Å²) in [5, 5.41) is 2.20. The zero-order valence-electron chi connectivity index (χ0n) is 10.2. The summed E-state index contributed by atoms with van der Waals surface area (Å²) in [5.41, 5.74) is 0.247. The first-order chi connectivity index (χ1) is 9.02. The van der Waals surface area contributed by atoms with Crippen LogP contribution in [0.25, 0.3) is 0 Å². The molecule has 0 saturated carbocycles. The largest absolute Gasteiger partial charge is 0.325 e. The van der Waals surface area contributed by atoms with Gasteiger partial charge in [0.2, 0.25) is 11.8 Å². The number of carbonyl (C=O) groups is 3. The van der Waals surface area contributed by atoms with Gasteiger partial charge in [-0.25, -0.2) is 4.98 Å². The maximum absolute atomic E-state index is 12.3. The average Bonchev–Trinajstić information content (AvgIpc) is 2.70. The quantitative estimate of drug-likeness (QED) is 0.830. The van der Waals surface area contributed by atoms with Crippen LogP contribution in [-0.2, 0) is 9.59 Å². The summed E-state index contributed by atoms with van der Waals surface area (Å²) in [6.07, 6.45) is 1.52. The van der Waals surface area contributed by atoms with Gasteiger partial charge in [0, 0.05) is 17.2 Å². The van der Waals surface area contributed by atoms with Crippen LogP contribution in [0.2, 0.25) is 0 Å². The Morgan fingerprint density at radius 1 is 1.53 bits per heavy atom. The summed E-state index contributed by atoms with van der Waals surface area (Å²) in [6.45, 7) is 2.09. The van der Waals surface area contributed by atoms with Crippen molar-refractivity contribution in [3.63, 3.8) is 0 Å². The molecule has 1 aliphatic rings. The first kappa shape index (κ1) is 13.7. The highest BCUT2D eigenvalue weighted by Gasteiger charge is 2.37. The minimum atomic E-state index is -0.740. The Morgan fingerprint density at radius 3 is 2.74 bits per heavy atom. The van der Waals surface area contributed by atoms with Gasteiger partial charge in [0.05, 0.1) is 6.42 Å². The predicted molar refractivity (Wildman–Crippen MR) is 70.2 cm³/mol. The van der Waals surface area contributed by atoms with E-state index < -0.39 is 11.9 Å². The molecular formula is C12H12BrN3O3. The Kier molecular flexibility index (Phi) is 3.94. The molecule has 1 unspecified atom stereocenters. The SMILES string of the molecule is CCN(C(=O)c1ccc(Br)cn1)C1CC(=O)NC1=O. The molecule has 100 valence electrons. The first-order valence-corrected chi connectivity index (χ1v) is 6.58. The van der Waals surface area contributed by atoms with Crippen LogP contribution in [0.15, 0.2) is 22.8 Å². The number of imide groups is 1. The lowest BCUT2D eigenvalue weighted by atomic mass is 10.2. The molecule has 0 aliphatic carbocycles. The molecule has 1 atom stereocenters. The van der Waals surface area contributed by atoms with Gasteiger partial charge in [-0.15, -0.1) is 0 Å². The standard InChI is InChI=1S/C12H12BrN3O3/c1-2-16(9-5-10(17)15-11(9)18)12(19)8-4-3-7(13)6-14-8/h3-4,6,9H,2,5H2,1H3,(H,15,17,18). The van der Waals surface area contributed by atoms with Gasteiger partial charge in [-0.2, -0.15) is 0 Å². The summed E-state index contributed by atoms with van der Waals surface area (Å²) in [4.78, 5) is 40.5. The normalized spacial score (nSPS) is 18.3. The lowest BCUT2D eigenvalue weighted by molar-refractivity contribution is -0.126. The van der Waals surface area contributed by atoms with E-state index in [0.29, 0.717) is 6.54 Å². The number of hydrogen-bond donors (Lipinski definition) is 1. The second-order valence-electron chi connectivity index (χ2n) is 4.09. The number of aromatic nitrogens is 1. The van der Waals surface area contributed by atoms with E-state index in [4.69, 9.17) is 0 Å². The Morgan fingerprint density at radius 2 is 2.26 bits per heavy atom. The fourth-order valence-electron chi connectivity index (χ4n) is 1.95. The highest BCUT2D eigenvalue weighted by atomic mass is 79.9. The molecule has 0 spiro atoms. The number of amides is 3. The number of hydrogen-bond acceptors (Lipinski definition) is 4. The van der Waals surface area contributed by atoms with Crippen molar-refractivity contribution in [2.75, 3.05) is 6.54 Å². The molecular weight excluding hydrogens is 314 g/mol. The fourth-order valence-corrected chi connectivity index (χ4v) is 2.18. The van der Waals surface area contributed by atoms with Gasteiger partial charge in [0.15, 0.2) is 0 Å². The molecule has 2 rings (SSSR count). The van der Waals surface area contributed by atoms with E-state index in [1.54, 1.807) is 19.1 Å². The van der Waals surface area contributed by atoms with E-state index in [-0.39, 0.29) is 23.9 Å². The van der Waals surface area contributed by atoms with Crippen molar-refractivity contribution in [3.05, 3.63) is 28.5 Å². The summed E-state index contributed by atoms with van der Waals surface area (Å²) >= 11 is 3.24. The van der Waals surface area contributed by atoms with E-state index in [9.17, 15) is 14.4 Å². The lowest BCUT2D eigenvalue weighted by Crippen LogP contribution is -2.44. The van der Waals surface area contributed by atoms with Crippen molar-refractivity contribution in [1.82, 2.24) is 15.2 Å². The monoisotopic (exact) mass is 325 g/mol. The smallest absolute Gasteiger partial charge is 0.273 e. The maximum Gasteiger partial charge on any atom is 0.273 e. The third kappa shape index (κ3) is 2.81. The van der Waals surface area contributed by atoms with E-state index in [1.807, 2.05) is 0 Å². The molecule has 0 bridgehead atoms. The van der Waals surface area contributed by atoms with E-state index in [0.717, 1.165) is 4.47 Å². The number of nitrogens with one attached hydrogen (secondary N) is 1. The Labute approximate surface area is 118 Å². The molecule has 1 saturated heterocycles. The van der Waals surface area contributed by atoms with Crippen LogP contribution >= 0.6 is 15.9 Å². The van der Waals surface area contributed by atoms with Crippen LogP contribution < -0.4 is 5.32 Å². The minimum absolute atomic E-state index is 0.00887. The molecule has 3 amide bonds. The van der Waals surface area contributed by atoms with Crippen LogP contribution in [0.4, 0.5) is 0 Å². The summed E-state index contributed by atoms with van der Waals surface area (Å²) in [7, 11) is 0. The molecule has 0 radical (unpaired) electrons. The molecule has 6 nitrogen and oxygen atoms in total. The number of rotatable bonds is 3. The van der Waals surface area contributed by atoms with Gasteiger partial charge in [-0.3, -0.25) is 19.7 Å². The van der Waals surface area contributed by atoms with Gasteiger partial charge >= 0.3 is 0 Å². The molecule has 7 heteroatoms. The molecule has 2 heterocycles. The highest BCUT2D eigenvalue weighted by Crippen LogP contribution is 2.15. The lowest BCUT2D eigenvalue weighted by Gasteiger charge is -2.24. The van der Waals surface area contributed by atoms with Crippen molar-refractivity contribution in [2.45, 2.75) is 19.4 Å². The van der Waals surface area contributed by atoms with E-state index in [2.05, 4.69) is 26.2 Å². The fraction of sp³-hybridized carbons (Fsp3) is 0.333. The van der Waals surface area contributed by atoms with Gasteiger partial charge in [0.1, 0.15) is 11.7 Å². The highest BCUT2D eigenvalue weighted by molar-refractivity contribution is 9.10. The van der Waals surface area contributed by atoms with Crippen LogP contribution in [0, 0.1) is 0 Å². The molecule has 1 aliphatic heterocycles. The Balaban J connectivity index is 2.22. The van der Waals surface area contributed by atoms with E-state index >= 15 is 0 Å². The van der Waals surface area contributed by atoms with Crippen LogP contribution in [0.5, 0.6) is 0 Å². The van der Waals surface area contributed by atoms with Crippen molar-refractivity contribution in [3.8, 4) is 0 Å². The van der Waals surface area contributed by atoms with Gasteiger partial charge in [0.25, 0.3) is 5.91 Å². The van der Waals surface area contributed by atoms with Crippen molar-refractivity contribution in [2.24, 2.45) is 0 Å². The minimum Gasteiger partial charge on any atom is -0.325 e. The number of likely N-dealkylation sites (N-methyl/N-ethyl adjacent to an activating group) is 1. The topological polar surface area (TPSA) is 79.4 Å². The zero-order chi connectivity index (χ0) is 14.0. The number of halogens is 1. The van der Waals surface area contributed by atoms with Crippen molar-refractivity contribution in [1.29, 1.82) is 0 Å². The van der Waals surface area contributed by atoms with Crippen LogP contribution in [0.3, 0.4) is 0 Å². The van der Waals surface area contributed by atoms with Crippen LogP contribution in [0.1, 0.15) is 23.8 Å². The van der Waals surface area contributed by atoms with Crippen LogP contribution in [-0.4, -0.2) is 40.2 Å². The van der Waals surface area contributed by atoms with Crippen molar-refractivity contribution < 1.29 is 14.4 Å². The van der Waals surface area contributed by atoms with Gasteiger partial charge in [-0.1, -0.05) is 0 Å². The second-order valence-corrected chi connectivity index (χ2v) is 5.00.